The van der Waals surface area contributed by atoms with Gasteiger partial charge in [-0.25, -0.2) is 4.39 Å². The molecule has 1 aromatic heterocycles. The van der Waals surface area contributed by atoms with Gasteiger partial charge in [-0.3, -0.25) is 9.59 Å². The lowest BCUT2D eigenvalue weighted by Crippen LogP contribution is -2.41. The molecule has 1 heterocycles. The molecular weight excluding hydrogens is 303 g/mol. The van der Waals surface area contributed by atoms with Gasteiger partial charge >= 0.3 is 11.8 Å². The van der Waals surface area contributed by atoms with Gasteiger partial charge in [-0.2, -0.15) is 0 Å². The summed E-state index contributed by atoms with van der Waals surface area (Å²) in [5.74, 6) is -1.75. The van der Waals surface area contributed by atoms with Gasteiger partial charge in [-0.1, -0.05) is 0 Å². The van der Waals surface area contributed by atoms with Gasteiger partial charge in [-0.15, -0.1) is 0 Å². The average Bonchev–Trinajstić information content (AvgIpc) is 3.03. The molecule has 0 aliphatic rings. The molecule has 0 radical (unpaired) electrons. The Kier molecular flexibility index (Phi) is 5.48. The third-order valence-corrected chi connectivity index (χ3v) is 3.13. The van der Waals surface area contributed by atoms with Crippen LogP contribution in [0.1, 0.15) is 25.2 Å². The van der Waals surface area contributed by atoms with E-state index >= 15 is 0 Å². The summed E-state index contributed by atoms with van der Waals surface area (Å²) in [5, 5.41) is 14.7. The maximum absolute atomic E-state index is 12.8. The van der Waals surface area contributed by atoms with Crippen LogP contribution in [-0.4, -0.2) is 23.0 Å². The Morgan fingerprint density at radius 3 is 2.52 bits per heavy atom. The van der Waals surface area contributed by atoms with Crippen LogP contribution in [0.25, 0.3) is 0 Å². The number of aliphatic hydroxyl groups excluding tert-OH is 1. The molecule has 0 fully saturated rings. The summed E-state index contributed by atoms with van der Waals surface area (Å²) in [7, 11) is 0. The lowest BCUT2D eigenvalue weighted by molar-refractivity contribution is -0.136. The van der Waals surface area contributed by atoms with Crippen molar-refractivity contribution in [2.75, 3.05) is 5.32 Å². The molecule has 0 aliphatic carbocycles. The smallest absolute Gasteiger partial charge is 0.313 e. The number of amides is 2. The van der Waals surface area contributed by atoms with E-state index in [1.807, 2.05) is 0 Å². The number of nitrogens with one attached hydrogen (secondary N) is 2. The minimum absolute atomic E-state index is 0.198. The second-order valence-corrected chi connectivity index (χ2v) is 5.10. The SMILES string of the molecule is CC(CC(O)c1ccco1)NC(=O)C(=O)Nc1ccc(F)cc1. The van der Waals surface area contributed by atoms with Gasteiger partial charge in [0.25, 0.3) is 0 Å². The minimum Gasteiger partial charge on any atom is -0.467 e. The van der Waals surface area contributed by atoms with Crippen molar-refractivity contribution in [2.24, 2.45) is 0 Å². The van der Waals surface area contributed by atoms with Gasteiger partial charge in [0.2, 0.25) is 0 Å². The Morgan fingerprint density at radius 1 is 1.22 bits per heavy atom. The number of aliphatic hydroxyl groups is 1. The highest BCUT2D eigenvalue weighted by molar-refractivity contribution is 6.39. The molecule has 0 saturated heterocycles. The highest BCUT2D eigenvalue weighted by Gasteiger charge is 2.20. The van der Waals surface area contributed by atoms with E-state index in [-0.39, 0.29) is 6.42 Å². The Hall–Kier alpha value is -2.67. The highest BCUT2D eigenvalue weighted by atomic mass is 19.1. The van der Waals surface area contributed by atoms with E-state index in [2.05, 4.69) is 10.6 Å². The predicted molar refractivity (Wildman–Crippen MR) is 80.9 cm³/mol. The normalized spacial score (nSPS) is 13.2. The first kappa shape index (κ1) is 16.7. The van der Waals surface area contributed by atoms with E-state index in [1.165, 1.54) is 30.5 Å². The number of rotatable bonds is 5. The second-order valence-electron chi connectivity index (χ2n) is 5.10. The quantitative estimate of drug-likeness (QED) is 0.735. The third kappa shape index (κ3) is 4.93. The van der Waals surface area contributed by atoms with Gasteiger partial charge in [0.05, 0.1) is 6.26 Å². The largest absolute Gasteiger partial charge is 0.467 e. The molecule has 1 aromatic carbocycles. The molecule has 2 amide bonds. The van der Waals surface area contributed by atoms with Gasteiger partial charge < -0.3 is 20.2 Å². The summed E-state index contributed by atoms with van der Waals surface area (Å²) in [6.45, 7) is 1.66. The van der Waals surface area contributed by atoms with Crippen LogP contribution in [0.5, 0.6) is 0 Å². The minimum atomic E-state index is -0.875. The number of carbonyl (C=O) groups is 2. The van der Waals surface area contributed by atoms with Gasteiger partial charge in [0.1, 0.15) is 17.7 Å². The molecule has 2 unspecified atom stereocenters. The average molecular weight is 320 g/mol. The molecule has 0 saturated carbocycles. The zero-order valence-corrected chi connectivity index (χ0v) is 12.5. The molecule has 2 aromatic rings. The lowest BCUT2D eigenvalue weighted by Gasteiger charge is -2.16. The lowest BCUT2D eigenvalue weighted by atomic mass is 10.1. The first-order valence-electron chi connectivity index (χ1n) is 7.04. The summed E-state index contributed by atoms with van der Waals surface area (Å²) < 4.78 is 17.8. The number of halogens is 1. The summed E-state index contributed by atoms with van der Waals surface area (Å²) in [5.41, 5.74) is 0.315. The van der Waals surface area contributed by atoms with Crippen molar-refractivity contribution in [2.45, 2.75) is 25.5 Å². The zero-order chi connectivity index (χ0) is 16.8. The molecule has 3 N–H and O–H groups in total. The summed E-state index contributed by atoms with van der Waals surface area (Å²) >= 11 is 0. The maximum Gasteiger partial charge on any atom is 0.313 e. The number of anilines is 1. The van der Waals surface area contributed by atoms with E-state index in [4.69, 9.17) is 4.42 Å². The number of carbonyl (C=O) groups excluding carboxylic acids is 2. The van der Waals surface area contributed by atoms with Crippen LogP contribution in [0.3, 0.4) is 0 Å². The predicted octanol–water partition coefficient (Wildman–Crippen LogP) is 1.99. The Morgan fingerprint density at radius 2 is 1.91 bits per heavy atom. The molecule has 122 valence electrons. The van der Waals surface area contributed by atoms with Crippen LogP contribution in [0.4, 0.5) is 10.1 Å². The molecule has 0 bridgehead atoms. The molecule has 7 heteroatoms. The molecule has 23 heavy (non-hydrogen) atoms. The van der Waals surface area contributed by atoms with Crippen molar-refractivity contribution in [3.63, 3.8) is 0 Å². The van der Waals surface area contributed by atoms with Gasteiger partial charge in [0, 0.05) is 18.2 Å². The summed E-state index contributed by atoms with van der Waals surface area (Å²) in [4.78, 5) is 23.5. The first-order valence-corrected chi connectivity index (χ1v) is 7.04. The number of benzene rings is 1. The molecule has 0 aliphatic heterocycles. The van der Waals surface area contributed by atoms with Crippen molar-refractivity contribution < 1.29 is 23.5 Å². The van der Waals surface area contributed by atoms with E-state index in [1.54, 1.807) is 19.1 Å². The Bertz CT molecular complexity index is 655. The van der Waals surface area contributed by atoms with E-state index < -0.39 is 29.8 Å². The molecule has 2 rings (SSSR count). The highest BCUT2D eigenvalue weighted by Crippen LogP contribution is 2.18. The fraction of sp³-hybridized carbons (Fsp3) is 0.250. The monoisotopic (exact) mass is 320 g/mol. The van der Waals surface area contributed by atoms with Crippen LogP contribution in [0, 0.1) is 5.82 Å². The van der Waals surface area contributed by atoms with Crippen LogP contribution < -0.4 is 10.6 Å². The van der Waals surface area contributed by atoms with E-state index in [9.17, 15) is 19.1 Å². The van der Waals surface area contributed by atoms with Crippen LogP contribution >= 0.6 is 0 Å². The molecule has 6 nitrogen and oxygen atoms in total. The van der Waals surface area contributed by atoms with Crippen molar-refractivity contribution in [1.29, 1.82) is 0 Å². The fourth-order valence-electron chi connectivity index (χ4n) is 2.00. The molecule has 2 atom stereocenters. The zero-order valence-electron chi connectivity index (χ0n) is 12.5. The summed E-state index contributed by atoms with van der Waals surface area (Å²) in [6.07, 6.45) is 0.765. The van der Waals surface area contributed by atoms with Crippen molar-refractivity contribution in [3.8, 4) is 0 Å². The topological polar surface area (TPSA) is 91.6 Å². The Balaban J connectivity index is 1.83. The fourth-order valence-corrected chi connectivity index (χ4v) is 2.00. The number of hydrogen-bond acceptors (Lipinski definition) is 4. The van der Waals surface area contributed by atoms with Crippen LogP contribution in [0.2, 0.25) is 0 Å². The van der Waals surface area contributed by atoms with Crippen molar-refractivity contribution in [3.05, 3.63) is 54.2 Å². The second kappa shape index (κ2) is 7.55. The van der Waals surface area contributed by atoms with E-state index in [0.29, 0.717) is 11.4 Å². The van der Waals surface area contributed by atoms with Crippen LogP contribution in [-0.2, 0) is 9.59 Å². The third-order valence-electron chi connectivity index (χ3n) is 3.13. The molecule has 0 spiro atoms. The van der Waals surface area contributed by atoms with Gasteiger partial charge in [-0.05, 0) is 43.3 Å². The first-order chi connectivity index (χ1) is 11.0. The number of hydrogen-bond donors (Lipinski definition) is 3. The van der Waals surface area contributed by atoms with Crippen molar-refractivity contribution >= 4 is 17.5 Å². The van der Waals surface area contributed by atoms with Crippen molar-refractivity contribution in [1.82, 2.24) is 5.32 Å². The summed E-state index contributed by atoms with van der Waals surface area (Å²) in [6, 6.07) is 7.89. The number of furan rings is 1. The molecular formula is C16H17FN2O4. The van der Waals surface area contributed by atoms with E-state index in [0.717, 1.165) is 0 Å². The van der Waals surface area contributed by atoms with Crippen LogP contribution in [0.15, 0.2) is 47.1 Å². The standard InChI is InChI=1S/C16H17FN2O4/c1-10(9-13(20)14-3-2-8-23-14)18-15(21)16(22)19-12-6-4-11(17)5-7-12/h2-8,10,13,20H,9H2,1H3,(H,18,21)(H,19,22). The maximum atomic E-state index is 12.8. The Labute approximate surface area is 132 Å². The van der Waals surface area contributed by atoms with Gasteiger partial charge in [0.15, 0.2) is 0 Å².